The van der Waals surface area contributed by atoms with E-state index >= 15 is 0 Å². The molecule has 2 heterocycles. The summed E-state index contributed by atoms with van der Waals surface area (Å²) >= 11 is 0. The number of alkyl carbamates (subject to hydrolysis) is 1. The Hall–Kier alpha value is -3.08. The molecule has 3 rings (SSSR count). The Balaban J connectivity index is 2.09. The molecule has 32 heavy (non-hydrogen) atoms. The van der Waals surface area contributed by atoms with E-state index in [0.717, 1.165) is 11.0 Å². The number of ether oxygens (including phenoxy) is 3. The number of halogens is 2. The van der Waals surface area contributed by atoms with Gasteiger partial charge in [0.2, 0.25) is 11.9 Å². The van der Waals surface area contributed by atoms with Crippen LogP contribution >= 0.6 is 0 Å². The van der Waals surface area contributed by atoms with E-state index in [1.807, 2.05) is 0 Å². The van der Waals surface area contributed by atoms with Gasteiger partial charge in [-0.1, -0.05) is 6.07 Å². The number of carbonyl (C=O) groups excluding carboxylic acids is 3. The number of methoxy groups -OCH3 is 1. The van der Waals surface area contributed by atoms with E-state index in [1.165, 1.54) is 20.2 Å². The van der Waals surface area contributed by atoms with Crippen LogP contribution in [-0.2, 0) is 29.3 Å². The maximum atomic E-state index is 14.9. The molecule has 1 aromatic rings. The number of benzene rings is 1. The van der Waals surface area contributed by atoms with Crippen molar-refractivity contribution < 1.29 is 37.4 Å². The molecule has 3 atom stereocenters. The average molecular weight is 453 g/mol. The zero-order chi connectivity index (χ0) is 23.8. The summed E-state index contributed by atoms with van der Waals surface area (Å²) in [5, 5.41) is 2.41. The van der Waals surface area contributed by atoms with Gasteiger partial charge in [-0.25, -0.2) is 23.4 Å². The summed E-state index contributed by atoms with van der Waals surface area (Å²) in [5.41, 5.74) is -2.56. The van der Waals surface area contributed by atoms with Gasteiger partial charge in [0.05, 0.1) is 19.6 Å². The van der Waals surface area contributed by atoms with E-state index in [4.69, 9.17) is 14.2 Å². The molecule has 2 aliphatic heterocycles. The van der Waals surface area contributed by atoms with Crippen LogP contribution in [0, 0.1) is 17.6 Å². The van der Waals surface area contributed by atoms with Crippen LogP contribution in [0.25, 0.3) is 0 Å². The highest BCUT2D eigenvalue weighted by molar-refractivity contribution is 6.06. The number of nitrogens with zero attached hydrogens (tertiary/aromatic N) is 2. The summed E-state index contributed by atoms with van der Waals surface area (Å²) in [4.78, 5) is 43.2. The first-order valence-electron chi connectivity index (χ1n) is 9.90. The Bertz CT molecular complexity index is 977. The predicted molar refractivity (Wildman–Crippen MR) is 107 cm³/mol. The second-order valence-corrected chi connectivity index (χ2v) is 8.62. The van der Waals surface area contributed by atoms with Gasteiger partial charge in [0.25, 0.3) is 0 Å². The molecule has 0 aromatic heterocycles. The molecule has 0 spiro atoms. The van der Waals surface area contributed by atoms with Crippen LogP contribution in [0.2, 0.25) is 0 Å². The van der Waals surface area contributed by atoms with Crippen molar-refractivity contribution in [3.63, 3.8) is 0 Å². The van der Waals surface area contributed by atoms with Gasteiger partial charge < -0.3 is 14.2 Å². The molecule has 9 nitrogen and oxygen atoms in total. The van der Waals surface area contributed by atoms with Crippen molar-refractivity contribution in [3.05, 3.63) is 35.4 Å². The van der Waals surface area contributed by atoms with Crippen LogP contribution < -0.4 is 5.32 Å². The lowest BCUT2D eigenvalue weighted by atomic mass is 9.72. The van der Waals surface area contributed by atoms with Gasteiger partial charge in [0, 0.05) is 18.7 Å². The minimum absolute atomic E-state index is 0.0999. The summed E-state index contributed by atoms with van der Waals surface area (Å²) in [5.74, 6) is -4.19. The summed E-state index contributed by atoms with van der Waals surface area (Å²) in [6, 6.07) is 2.88. The average Bonchev–Trinajstić information content (AvgIpc) is 2.69. The standard InChI is InChI=1S/C21H25F2N3O6/c1-20(2,3)32-19(29)24-18-25-21(12-7-6-11(22)8-14(12)23)10-31-15(17(28)30-5)9-13(21)16(27)26(18)4/h6-8,13,15H,9-10H2,1-5H3,(H,24,25,29)/t13-,15-,21+/m0/s1. The third-order valence-corrected chi connectivity index (χ3v) is 5.26. The fourth-order valence-corrected chi connectivity index (χ4v) is 3.79. The van der Waals surface area contributed by atoms with Gasteiger partial charge in [-0.15, -0.1) is 0 Å². The maximum Gasteiger partial charge on any atom is 0.414 e. The summed E-state index contributed by atoms with van der Waals surface area (Å²) in [6.07, 6.45) is -2.07. The molecular weight excluding hydrogens is 428 g/mol. The number of amides is 2. The molecule has 0 bridgehead atoms. The minimum atomic E-state index is -1.64. The summed E-state index contributed by atoms with van der Waals surface area (Å²) in [6.45, 7) is 4.62. The lowest BCUT2D eigenvalue weighted by Crippen LogP contribution is -2.62. The Labute approximate surface area is 183 Å². The Morgan fingerprint density at radius 3 is 2.59 bits per heavy atom. The fourth-order valence-electron chi connectivity index (χ4n) is 3.79. The van der Waals surface area contributed by atoms with Gasteiger partial charge in [-0.3, -0.25) is 15.0 Å². The van der Waals surface area contributed by atoms with Crippen LogP contribution in [0.4, 0.5) is 13.6 Å². The third-order valence-electron chi connectivity index (χ3n) is 5.26. The number of guanidine groups is 1. The van der Waals surface area contributed by atoms with Gasteiger partial charge in [0.15, 0.2) is 6.10 Å². The first-order chi connectivity index (χ1) is 14.9. The highest BCUT2D eigenvalue weighted by Gasteiger charge is 2.56. The second kappa shape index (κ2) is 8.45. The van der Waals surface area contributed by atoms with E-state index in [-0.39, 0.29) is 24.6 Å². The molecule has 0 unspecified atom stereocenters. The SMILES string of the molecule is COC(=O)[C@@H]1C[C@H]2C(=O)N(C)C(NC(=O)OC(C)(C)C)=N[C@@]2(c2ccc(F)cc2F)CO1. The molecule has 2 amide bonds. The Morgan fingerprint density at radius 1 is 1.31 bits per heavy atom. The van der Waals surface area contributed by atoms with Gasteiger partial charge in [-0.05, 0) is 33.3 Å². The van der Waals surface area contributed by atoms with E-state index in [9.17, 15) is 23.2 Å². The number of nitrogens with one attached hydrogen (secondary N) is 1. The van der Waals surface area contributed by atoms with Gasteiger partial charge in [-0.2, -0.15) is 0 Å². The lowest BCUT2D eigenvalue weighted by molar-refractivity contribution is -0.167. The zero-order valence-electron chi connectivity index (χ0n) is 18.4. The molecule has 2 aliphatic rings. The van der Waals surface area contributed by atoms with Crippen LogP contribution in [-0.4, -0.2) is 61.3 Å². The third kappa shape index (κ3) is 4.43. The molecule has 11 heteroatoms. The zero-order valence-corrected chi connectivity index (χ0v) is 18.4. The first kappa shape index (κ1) is 23.6. The van der Waals surface area contributed by atoms with Crippen LogP contribution in [0.1, 0.15) is 32.8 Å². The molecule has 0 aliphatic carbocycles. The minimum Gasteiger partial charge on any atom is -0.467 e. The van der Waals surface area contributed by atoms with Crippen molar-refractivity contribution in [2.45, 2.75) is 44.4 Å². The molecule has 174 valence electrons. The molecule has 1 fully saturated rings. The number of carbonyl (C=O) groups is 3. The van der Waals surface area contributed by atoms with Gasteiger partial charge in [0.1, 0.15) is 22.8 Å². The van der Waals surface area contributed by atoms with Crippen molar-refractivity contribution in [1.82, 2.24) is 10.2 Å². The Morgan fingerprint density at radius 2 is 2.00 bits per heavy atom. The maximum absolute atomic E-state index is 14.9. The summed E-state index contributed by atoms with van der Waals surface area (Å²) < 4.78 is 44.0. The number of esters is 1. The molecule has 0 saturated carbocycles. The van der Waals surface area contributed by atoms with E-state index in [2.05, 4.69) is 10.3 Å². The quantitative estimate of drug-likeness (QED) is 0.688. The van der Waals surface area contributed by atoms with Crippen molar-refractivity contribution >= 4 is 23.9 Å². The monoisotopic (exact) mass is 453 g/mol. The van der Waals surface area contributed by atoms with E-state index < -0.39 is 52.8 Å². The van der Waals surface area contributed by atoms with Crippen molar-refractivity contribution in [2.24, 2.45) is 10.9 Å². The second-order valence-electron chi connectivity index (χ2n) is 8.62. The number of hydrogen-bond acceptors (Lipinski definition) is 7. The number of aliphatic imine (C=N–C) groups is 1. The highest BCUT2D eigenvalue weighted by atomic mass is 19.1. The highest BCUT2D eigenvalue weighted by Crippen LogP contribution is 2.45. The van der Waals surface area contributed by atoms with E-state index in [0.29, 0.717) is 6.07 Å². The molecular formula is C21H25F2N3O6. The van der Waals surface area contributed by atoms with Crippen LogP contribution in [0.3, 0.4) is 0 Å². The lowest BCUT2D eigenvalue weighted by Gasteiger charge is -2.47. The largest absolute Gasteiger partial charge is 0.467 e. The predicted octanol–water partition coefficient (Wildman–Crippen LogP) is 2.09. The van der Waals surface area contributed by atoms with Crippen molar-refractivity contribution in [3.8, 4) is 0 Å². The molecule has 0 radical (unpaired) electrons. The van der Waals surface area contributed by atoms with Crippen LogP contribution in [0.5, 0.6) is 0 Å². The van der Waals surface area contributed by atoms with E-state index in [1.54, 1.807) is 20.8 Å². The first-order valence-corrected chi connectivity index (χ1v) is 9.90. The summed E-state index contributed by atoms with van der Waals surface area (Å²) in [7, 11) is 2.56. The number of rotatable bonds is 2. The van der Waals surface area contributed by atoms with Crippen LogP contribution in [0.15, 0.2) is 23.2 Å². The Kier molecular flexibility index (Phi) is 6.23. The number of hydrogen-bond donors (Lipinski definition) is 1. The molecule has 1 aromatic carbocycles. The smallest absolute Gasteiger partial charge is 0.414 e. The van der Waals surface area contributed by atoms with Gasteiger partial charge >= 0.3 is 12.1 Å². The number of fused-ring (bicyclic) bond motifs is 1. The normalized spacial score (nSPS) is 25.5. The molecule has 1 saturated heterocycles. The topological polar surface area (TPSA) is 107 Å². The molecule has 1 N–H and O–H groups in total. The van der Waals surface area contributed by atoms with Crippen molar-refractivity contribution in [1.29, 1.82) is 0 Å². The van der Waals surface area contributed by atoms with Crippen molar-refractivity contribution in [2.75, 3.05) is 20.8 Å². The fraction of sp³-hybridized carbons (Fsp3) is 0.524.